The molecule has 2 aliphatic rings. The van der Waals surface area contributed by atoms with Crippen molar-refractivity contribution in [1.29, 1.82) is 0 Å². The Hall–Kier alpha value is -3.04. The van der Waals surface area contributed by atoms with Crippen molar-refractivity contribution in [2.75, 3.05) is 32.7 Å². The fourth-order valence-corrected chi connectivity index (χ4v) is 6.93. The highest BCUT2D eigenvalue weighted by Gasteiger charge is 2.41. The summed E-state index contributed by atoms with van der Waals surface area (Å²) in [7, 11) is -4.06. The largest absolute Gasteiger partial charge is 0.358 e. The van der Waals surface area contributed by atoms with E-state index in [9.17, 15) is 30.8 Å². The molecule has 0 saturated carbocycles. The molecule has 0 radical (unpaired) electrons. The minimum atomic E-state index is -4.06. The second-order valence-electron chi connectivity index (χ2n) is 9.50. The standard InChI is InChI=1S/C25H27F4N5O4S/c26-20-19-17(12-31-24(19)23(29)22(28)21(20)27)16-6-9-33(10-7-16)39(36,37)34-11-8-30-13-18(34)25(35)32-38-14-15-4-2-1-3-5-15/h1-5,12,16,18,30-31H,6-11,13-14H2,(H,32,35)/t18-/m1/s1. The van der Waals surface area contributed by atoms with Gasteiger partial charge in [-0.3, -0.25) is 9.63 Å². The number of hydrogen-bond donors (Lipinski definition) is 3. The van der Waals surface area contributed by atoms with Crippen LogP contribution in [0.15, 0.2) is 36.5 Å². The molecule has 1 aromatic heterocycles. The Bertz CT molecular complexity index is 1460. The van der Waals surface area contributed by atoms with Crippen LogP contribution in [0, 0.1) is 23.3 Å². The van der Waals surface area contributed by atoms with E-state index < -0.39 is 56.9 Å². The second-order valence-corrected chi connectivity index (χ2v) is 11.4. The highest BCUT2D eigenvalue weighted by molar-refractivity contribution is 7.86. The summed E-state index contributed by atoms with van der Waals surface area (Å²) in [4.78, 5) is 20.6. The number of halogens is 4. The lowest BCUT2D eigenvalue weighted by Gasteiger charge is -2.39. The van der Waals surface area contributed by atoms with Gasteiger partial charge in [0, 0.05) is 44.3 Å². The molecule has 39 heavy (non-hydrogen) atoms. The van der Waals surface area contributed by atoms with Gasteiger partial charge < -0.3 is 10.3 Å². The number of rotatable bonds is 7. The minimum Gasteiger partial charge on any atom is -0.358 e. The zero-order chi connectivity index (χ0) is 27.7. The average Bonchev–Trinajstić information content (AvgIpc) is 3.41. The molecule has 0 unspecified atom stereocenters. The fraction of sp³-hybridized carbons (Fsp3) is 0.400. The van der Waals surface area contributed by atoms with Crippen molar-refractivity contribution in [3.63, 3.8) is 0 Å². The number of fused-ring (bicyclic) bond motifs is 1. The molecule has 2 fully saturated rings. The highest BCUT2D eigenvalue weighted by atomic mass is 32.2. The first-order chi connectivity index (χ1) is 18.7. The van der Waals surface area contributed by atoms with Gasteiger partial charge in [-0.2, -0.15) is 17.0 Å². The summed E-state index contributed by atoms with van der Waals surface area (Å²) in [5, 5.41) is 2.65. The van der Waals surface area contributed by atoms with Crippen molar-refractivity contribution in [3.05, 3.63) is 70.9 Å². The molecule has 3 N–H and O–H groups in total. The van der Waals surface area contributed by atoms with Crippen molar-refractivity contribution < 1.29 is 35.6 Å². The SMILES string of the molecule is O=C(NOCc1ccccc1)[C@H]1CNCCN1S(=O)(=O)N1CCC(c2c[nH]c3c(F)c(F)c(F)c(F)c23)CC1. The molecule has 5 rings (SSSR count). The van der Waals surface area contributed by atoms with Crippen molar-refractivity contribution in [2.24, 2.45) is 0 Å². The highest BCUT2D eigenvalue weighted by Crippen LogP contribution is 2.37. The van der Waals surface area contributed by atoms with Crippen LogP contribution in [-0.4, -0.2) is 66.7 Å². The van der Waals surface area contributed by atoms with Crippen molar-refractivity contribution in [1.82, 2.24) is 24.4 Å². The molecule has 2 saturated heterocycles. The normalized spacial score (nSPS) is 19.9. The Morgan fingerprint density at radius 1 is 1.00 bits per heavy atom. The molecule has 14 heteroatoms. The predicted octanol–water partition coefficient (Wildman–Crippen LogP) is 2.67. The van der Waals surface area contributed by atoms with Gasteiger partial charge in [-0.15, -0.1) is 0 Å². The minimum absolute atomic E-state index is 0.0379. The van der Waals surface area contributed by atoms with Crippen LogP contribution in [0.3, 0.4) is 0 Å². The third-order valence-corrected chi connectivity index (χ3v) is 9.24. The van der Waals surface area contributed by atoms with Gasteiger partial charge in [-0.1, -0.05) is 30.3 Å². The number of benzene rings is 2. The van der Waals surface area contributed by atoms with E-state index in [1.54, 1.807) is 0 Å². The second kappa shape index (κ2) is 11.2. The average molecular weight is 570 g/mol. The molecule has 0 spiro atoms. The van der Waals surface area contributed by atoms with Gasteiger partial charge in [-0.25, -0.2) is 23.0 Å². The number of aromatic amines is 1. The first kappa shape index (κ1) is 27.5. The Morgan fingerprint density at radius 2 is 1.69 bits per heavy atom. The lowest BCUT2D eigenvalue weighted by Crippen LogP contribution is -2.62. The summed E-state index contributed by atoms with van der Waals surface area (Å²) < 4.78 is 85.7. The summed E-state index contributed by atoms with van der Waals surface area (Å²) in [5.41, 5.74) is 2.95. The summed E-state index contributed by atoms with van der Waals surface area (Å²) in [6, 6.07) is 8.11. The molecule has 9 nitrogen and oxygen atoms in total. The van der Waals surface area contributed by atoms with E-state index in [1.165, 1.54) is 10.5 Å². The zero-order valence-electron chi connectivity index (χ0n) is 20.7. The van der Waals surface area contributed by atoms with Gasteiger partial charge in [-0.05, 0) is 29.9 Å². The number of aromatic nitrogens is 1. The Labute approximate surface area is 222 Å². The number of hydroxylamine groups is 1. The number of H-pyrrole nitrogens is 1. The van der Waals surface area contributed by atoms with E-state index in [0.717, 1.165) is 9.87 Å². The van der Waals surface area contributed by atoms with Crippen molar-refractivity contribution >= 4 is 27.0 Å². The molecule has 2 aliphatic heterocycles. The summed E-state index contributed by atoms with van der Waals surface area (Å²) in [6.45, 7) is 0.705. The fourth-order valence-electron chi connectivity index (χ4n) is 5.15. The molecule has 210 valence electrons. The number of piperazine rings is 1. The van der Waals surface area contributed by atoms with E-state index in [-0.39, 0.29) is 56.6 Å². The number of piperidine rings is 1. The number of carbonyl (C=O) groups is 1. The predicted molar refractivity (Wildman–Crippen MR) is 133 cm³/mol. The molecule has 3 aromatic rings. The Kier molecular flexibility index (Phi) is 7.91. The third-order valence-electron chi connectivity index (χ3n) is 7.20. The lowest BCUT2D eigenvalue weighted by molar-refractivity contribution is -0.139. The Balaban J connectivity index is 1.26. The van der Waals surface area contributed by atoms with Crippen molar-refractivity contribution in [3.8, 4) is 0 Å². The quantitative estimate of drug-likeness (QED) is 0.176. The maximum absolute atomic E-state index is 14.5. The summed E-state index contributed by atoms with van der Waals surface area (Å²) >= 11 is 0. The number of carbonyl (C=O) groups excluding carboxylic acids is 1. The number of hydrogen-bond acceptors (Lipinski definition) is 5. The van der Waals surface area contributed by atoms with Gasteiger partial charge in [0.25, 0.3) is 16.1 Å². The van der Waals surface area contributed by atoms with E-state index >= 15 is 0 Å². The van der Waals surface area contributed by atoms with Crippen LogP contribution in [0.1, 0.15) is 29.9 Å². The van der Waals surface area contributed by atoms with Crippen LogP contribution >= 0.6 is 0 Å². The Morgan fingerprint density at radius 3 is 2.41 bits per heavy atom. The first-order valence-electron chi connectivity index (χ1n) is 12.5. The van der Waals surface area contributed by atoms with Crippen molar-refractivity contribution in [2.45, 2.75) is 31.4 Å². The zero-order valence-corrected chi connectivity index (χ0v) is 21.5. The van der Waals surface area contributed by atoms with Gasteiger partial charge >= 0.3 is 0 Å². The molecular formula is C25H27F4N5O4S. The molecule has 0 bridgehead atoms. The van der Waals surface area contributed by atoms with Gasteiger partial charge in [0.2, 0.25) is 0 Å². The summed E-state index contributed by atoms with van der Waals surface area (Å²) in [6.07, 6.45) is 1.77. The molecule has 3 heterocycles. The molecule has 1 amide bonds. The third kappa shape index (κ3) is 5.26. The summed E-state index contributed by atoms with van der Waals surface area (Å²) in [5.74, 6) is -7.81. The van der Waals surface area contributed by atoms with Gasteiger partial charge in [0.05, 0.1) is 12.1 Å². The van der Waals surface area contributed by atoms with Gasteiger partial charge in [0.15, 0.2) is 23.3 Å². The smallest absolute Gasteiger partial charge is 0.282 e. The number of nitrogens with zero attached hydrogens (tertiary/aromatic N) is 2. The molecular weight excluding hydrogens is 542 g/mol. The molecule has 2 aromatic carbocycles. The van der Waals surface area contributed by atoms with E-state index in [1.807, 2.05) is 30.3 Å². The first-order valence-corrected chi connectivity index (χ1v) is 13.9. The number of nitrogens with one attached hydrogen (secondary N) is 3. The van der Waals surface area contributed by atoms with Gasteiger partial charge in [0.1, 0.15) is 6.04 Å². The van der Waals surface area contributed by atoms with Crippen LogP contribution in [-0.2, 0) is 26.4 Å². The van der Waals surface area contributed by atoms with Crippen LogP contribution in [0.2, 0.25) is 0 Å². The van der Waals surface area contributed by atoms with Crippen LogP contribution in [0.4, 0.5) is 17.6 Å². The van der Waals surface area contributed by atoms with Crippen LogP contribution in [0.25, 0.3) is 10.9 Å². The maximum Gasteiger partial charge on any atom is 0.282 e. The molecule has 1 atom stereocenters. The van der Waals surface area contributed by atoms with Crippen LogP contribution in [0.5, 0.6) is 0 Å². The van der Waals surface area contributed by atoms with E-state index in [4.69, 9.17) is 4.84 Å². The maximum atomic E-state index is 14.5. The van der Waals surface area contributed by atoms with Crippen LogP contribution < -0.4 is 10.8 Å². The topological polar surface area (TPSA) is 107 Å². The van der Waals surface area contributed by atoms with E-state index in [0.29, 0.717) is 6.54 Å². The monoisotopic (exact) mass is 569 g/mol. The van der Waals surface area contributed by atoms with E-state index in [2.05, 4.69) is 15.8 Å². The molecule has 0 aliphatic carbocycles. The lowest BCUT2D eigenvalue weighted by atomic mass is 9.90. The number of amides is 1.